The van der Waals surface area contributed by atoms with Crippen LogP contribution in [0.2, 0.25) is 0 Å². The lowest BCUT2D eigenvalue weighted by Crippen LogP contribution is -2.51. The van der Waals surface area contributed by atoms with Gasteiger partial charge < -0.3 is 9.47 Å². The van der Waals surface area contributed by atoms with Gasteiger partial charge in [0, 0.05) is 6.42 Å². The van der Waals surface area contributed by atoms with Crippen molar-refractivity contribution in [1.82, 2.24) is 0 Å². The Morgan fingerprint density at radius 3 is 1.96 bits per heavy atom. The van der Waals surface area contributed by atoms with Gasteiger partial charge in [0.25, 0.3) is 0 Å². The second kappa shape index (κ2) is 20.9. The highest BCUT2D eigenvalue weighted by atomic mass is 16.7. The van der Waals surface area contributed by atoms with Crippen molar-refractivity contribution in [2.24, 2.45) is 46.3 Å². The fourth-order valence-corrected chi connectivity index (χ4v) is 11.7. The Morgan fingerprint density at radius 2 is 1.35 bits per heavy atom. The lowest BCUT2D eigenvalue weighted by atomic mass is 9.47. The van der Waals surface area contributed by atoms with Crippen molar-refractivity contribution in [2.75, 3.05) is 6.61 Å². The Kier molecular flexibility index (Phi) is 17.4. The highest BCUT2D eigenvalue weighted by Gasteiger charge is 2.59. The van der Waals surface area contributed by atoms with E-state index in [1.54, 1.807) is 5.57 Å². The molecule has 284 valence electrons. The van der Waals surface area contributed by atoms with Crippen molar-refractivity contribution < 1.29 is 14.3 Å². The summed E-state index contributed by atoms with van der Waals surface area (Å²) < 4.78 is 11.5. The lowest BCUT2D eigenvalue weighted by Gasteiger charge is -2.58. The molecule has 4 rings (SSSR count). The molecule has 4 aliphatic carbocycles. The van der Waals surface area contributed by atoms with Gasteiger partial charge >= 0.3 is 6.16 Å². The van der Waals surface area contributed by atoms with E-state index in [1.165, 1.54) is 141 Å². The van der Waals surface area contributed by atoms with Crippen LogP contribution in [0.5, 0.6) is 0 Å². The van der Waals surface area contributed by atoms with Gasteiger partial charge in [0.2, 0.25) is 0 Å². The first kappa shape index (κ1) is 40.8. The van der Waals surface area contributed by atoms with Crippen molar-refractivity contribution in [3.05, 3.63) is 11.6 Å². The van der Waals surface area contributed by atoms with Gasteiger partial charge in [-0.25, -0.2) is 4.79 Å². The normalized spacial score (nSPS) is 31.5. The number of ether oxygens (including phenoxy) is 2. The van der Waals surface area contributed by atoms with Gasteiger partial charge in [-0.15, -0.1) is 0 Å². The van der Waals surface area contributed by atoms with Gasteiger partial charge in [0.15, 0.2) is 0 Å². The number of hydrogen-bond donors (Lipinski definition) is 0. The van der Waals surface area contributed by atoms with E-state index in [0.29, 0.717) is 17.4 Å². The molecule has 3 heteroatoms. The number of hydrogen-bond acceptors (Lipinski definition) is 3. The Morgan fingerprint density at radius 1 is 0.735 bits per heavy atom. The molecule has 49 heavy (non-hydrogen) atoms. The zero-order valence-electron chi connectivity index (χ0n) is 33.6. The lowest BCUT2D eigenvalue weighted by molar-refractivity contribution is -0.0617. The largest absolute Gasteiger partial charge is 0.508 e. The Bertz CT molecular complexity index is 969. The summed E-state index contributed by atoms with van der Waals surface area (Å²) in [4.78, 5) is 12.6. The van der Waals surface area contributed by atoms with Crippen molar-refractivity contribution in [1.29, 1.82) is 0 Å². The fraction of sp³-hybridized carbons (Fsp3) is 0.935. The molecule has 3 nitrogen and oxygen atoms in total. The first-order valence-corrected chi connectivity index (χ1v) is 22.2. The molecule has 4 aliphatic rings. The van der Waals surface area contributed by atoms with Gasteiger partial charge in [-0.3, -0.25) is 0 Å². The summed E-state index contributed by atoms with van der Waals surface area (Å²) in [7, 11) is 0. The van der Waals surface area contributed by atoms with Gasteiger partial charge in [0.1, 0.15) is 6.10 Å². The summed E-state index contributed by atoms with van der Waals surface area (Å²) in [5.74, 6) is 5.17. The molecule has 0 heterocycles. The smallest absolute Gasteiger partial charge is 0.434 e. The van der Waals surface area contributed by atoms with Crippen LogP contribution in [0.4, 0.5) is 4.79 Å². The Hall–Kier alpha value is -0.990. The molecule has 0 aromatic heterocycles. The summed E-state index contributed by atoms with van der Waals surface area (Å²) in [6.07, 6.45) is 38.1. The first-order chi connectivity index (χ1) is 23.7. The number of carbonyl (C=O) groups is 1. The molecule has 3 saturated carbocycles. The molecule has 0 spiro atoms. The second-order valence-electron chi connectivity index (χ2n) is 18.7. The van der Waals surface area contributed by atoms with Crippen molar-refractivity contribution >= 4 is 6.16 Å². The highest BCUT2D eigenvalue weighted by molar-refractivity contribution is 5.60. The van der Waals surface area contributed by atoms with E-state index in [4.69, 9.17) is 9.47 Å². The van der Waals surface area contributed by atoms with Crippen molar-refractivity contribution in [2.45, 2.75) is 221 Å². The fourth-order valence-electron chi connectivity index (χ4n) is 11.7. The van der Waals surface area contributed by atoms with Crippen LogP contribution in [0.3, 0.4) is 0 Å². The number of fused-ring (bicyclic) bond motifs is 5. The Balaban J connectivity index is 1.07. The number of allylic oxidation sites excluding steroid dienone is 1. The molecule has 0 aromatic rings. The molecule has 1 unspecified atom stereocenters. The minimum absolute atomic E-state index is 0.00873. The predicted molar refractivity (Wildman–Crippen MR) is 209 cm³/mol. The third-order valence-electron chi connectivity index (χ3n) is 14.7. The molecular formula is C46H82O3. The van der Waals surface area contributed by atoms with E-state index in [-0.39, 0.29) is 6.10 Å². The summed E-state index contributed by atoms with van der Waals surface area (Å²) in [5, 5.41) is 0. The molecule has 0 bridgehead atoms. The van der Waals surface area contributed by atoms with Crippen LogP contribution in [-0.4, -0.2) is 18.9 Å². The van der Waals surface area contributed by atoms with Crippen molar-refractivity contribution in [3.63, 3.8) is 0 Å². The average molecular weight is 683 g/mol. The second-order valence-corrected chi connectivity index (χ2v) is 18.7. The molecule has 0 amide bonds. The minimum Gasteiger partial charge on any atom is -0.434 e. The summed E-state index contributed by atoms with van der Waals surface area (Å²) in [6.45, 7) is 15.4. The number of unbranched alkanes of at least 4 members (excludes halogenated alkanes) is 15. The highest BCUT2D eigenvalue weighted by Crippen LogP contribution is 2.67. The summed E-state index contributed by atoms with van der Waals surface area (Å²) >= 11 is 0. The van der Waals surface area contributed by atoms with E-state index < -0.39 is 6.16 Å². The molecule has 0 aliphatic heterocycles. The molecule has 0 aromatic carbocycles. The molecule has 0 N–H and O–H groups in total. The molecule has 8 atom stereocenters. The van der Waals surface area contributed by atoms with E-state index in [0.717, 1.165) is 67.6 Å². The molecule has 0 radical (unpaired) electrons. The number of carbonyl (C=O) groups excluding carboxylic acids is 1. The van der Waals surface area contributed by atoms with Crippen LogP contribution < -0.4 is 0 Å². The van der Waals surface area contributed by atoms with Crippen LogP contribution in [0.1, 0.15) is 215 Å². The van der Waals surface area contributed by atoms with Crippen LogP contribution in [-0.2, 0) is 9.47 Å². The van der Waals surface area contributed by atoms with Crippen LogP contribution >= 0.6 is 0 Å². The average Bonchev–Trinajstić information content (AvgIpc) is 3.43. The van der Waals surface area contributed by atoms with E-state index >= 15 is 0 Å². The third-order valence-corrected chi connectivity index (χ3v) is 14.7. The maximum atomic E-state index is 12.6. The standard InChI is InChI=1S/C46H82O3/c1-7-8-9-10-11-12-13-14-15-16-17-18-19-20-21-22-34-48-44(47)49-39-30-32-45(5)38(35-39)26-27-40-42-29-28-41(37(4)25-23-24-36(2)3)46(42,6)33-31-43(40)45/h26,36-37,39-43H,7-25,27-35H2,1-6H3/t37?,39-,40-,41+,42-,43-,45-,46+/m0/s1. The quantitative estimate of drug-likeness (QED) is 0.0611. The SMILES string of the molecule is CCCCCCCCCCCCCCCCCCOC(=O)O[C@H]1CC[C@@]2(C)C(=CC[C@H]3[C@@H]4CC[C@H](C(C)CCCC(C)C)[C@@]4(C)CC[C@@H]32)C1. The molecular weight excluding hydrogens is 601 g/mol. The predicted octanol–water partition coefficient (Wildman–Crippen LogP) is 14.8. The zero-order valence-corrected chi connectivity index (χ0v) is 33.6. The topological polar surface area (TPSA) is 35.5 Å². The zero-order chi connectivity index (χ0) is 35.1. The van der Waals surface area contributed by atoms with Gasteiger partial charge in [0.05, 0.1) is 6.61 Å². The van der Waals surface area contributed by atoms with Crippen molar-refractivity contribution in [3.8, 4) is 0 Å². The minimum atomic E-state index is -0.434. The maximum absolute atomic E-state index is 12.6. The van der Waals surface area contributed by atoms with Crippen LogP contribution in [0, 0.1) is 46.3 Å². The van der Waals surface area contributed by atoms with E-state index in [9.17, 15) is 4.79 Å². The van der Waals surface area contributed by atoms with Gasteiger partial charge in [-0.05, 0) is 97.7 Å². The van der Waals surface area contributed by atoms with Gasteiger partial charge in [-0.1, -0.05) is 169 Å². The summed E-state index contributed by atoms with van der Waals surface area (Å²) in [6, 6.07) is 0. The Labute approximate surface area is 305 Å². The maximum Gasteiger partial charge on any atom is 0.508 e. The number of rotatable bonds is 23. The molecule has 0 saturated heterocycles. The molecule has 3 fully saturated rings. The first-order valence-electron chi connectivity index (χ1n) is 22.2. The monoisotopic (exact) mass is 683 g/mol. The van der Waals surface area contributed by atoms with Gasteiger partial charge in [-0.2, -0.15) is 0 Å². The van der Waals surface area contributed by atoms with Crippen LogP contribution in [0.25, 0.3) is 0 Å². The van der Waals surface area contributed by atoms with E-state index in [1.807, 2.05) is 0 Å². The summed E-state index contributed by atoms with van der Waals surface area (Å²) in [5.41, 5.74) is 2.43. The van der Waals surface area contributed by atoms with E-state index in [2.05, 4.69) is 47.6 Å². The van der Waals surface area contributed by atoms with Crippen LogP contribution in [0.15, 0.2) is 11.6 Å². The third kappa shape index (κ3) is 11.8.